The smallest absolute Gasteiger partial charge is 0.226 e. The molecule has 0 bridgehead atoms. The molecule has 0 atom stereocenters. The highest BCUT2D eigenvalue weighted by Crippen LogP contribution is 2.13. The van der Waals surface area contributed by atoms with Gasteiger partial charge >= 0.3 is 0 Å². The predicted molar refractivity (Wildman–Crippen MR) is 55.0 cm³/mol. The molecule has 0 saturated heterocycles. The molecule has 3 heteroatoms. The van der Waals surface area contributed by atoms with E-state index in [9.17, 15) is 9.18 Å². The second-order valence-corrected chi connectivity index (χ2v) is 3.63. The summed E-state index contributed by atoms with van der Waals surface area (Å²) in [7, 11) is 0. The van der Waals surface area contributed by atoms with Gasteiger partial charge in [-0.3, -0.25) is 4.79 Å². The number of halogens is 2. The predicted octanol–water partition coefficient (Wildman–Crippen LogP) is 3.09. The first-order valence-corrected chi connectivity index (χ1v) is 4.97. The van der Waals surface area contributed by atoms with Crippen molar-refractivity contribution in [1.29, 1.82) is 0 Å². The molecular formula is C11H12ClFO. The van der Waals surface area contributed by atoms with Crippen molar-refractivity contribution in [2.45, 2.75) is 26.2 Å². The average molecular weight is 215 g/mol. The van der Waals surface area contributed by atoms with Gasteiger partial charge in [-0.05, 0) is 35.2 Å². The topological polar surface area (TPSA) is 17.1 Å². The maximum Gasteiger partial charge on any atom is 0.226 e. The van der Waals surface area contributed by atoms with Gasteiger partial charge in [0.25, 0.3) is 0 Å². The van der Waals surface area contributed by atoms with Gasteiger partial charge in [0.15, 0.2) is 0 Å². The summed E-state index contributed by atoms with van der Waals surface area (Å²) in [6, 6.07) is 4.69. The van der Waals surface area contributed by atoms with E-state index in [0.717, 1.165) is 12.0 Å². The summed E-state index contributed by atoms with van der Waals surface area (Å²) in [5.74, 6) is -0.211. The molecule has 0 saturated carbocycles. The average Bonchev–Trinajstić information content (AvgIpc) is 2.10. The SMILES string of the molecule is CCCc1cc(CC(=O)Cl)ccc1F. The molecule has 0 unspecified atom stereocenters. The van der Waals surface area contributed by atoms with Gasteiger partial charge in [-0.2, -0.15) is 0 Å². The Bertz CT molecular complexity index is 336. The molecule has 0 N–H and O–H groups in total. The quantitative estimate of drug-likeness (QED) is 0.704. The van der Waals surface area contributed by atoms with Crippen LogP contribution in [0.2, 0.25) is 0 Å². The van der Waals surface area contributed by atoms with Crippen LogP contribution in [0.15, 0.2) is 18.2 Å². The lowest BCUT2D eigenvalue weighted by atomic mass is 10.0. The first-order valence-electron chi connectivity index (χ1n) is 4.59. The van der Waals surface area contributed by atoms with Crippen molar-refractivity contribution in [2.75, 3.05) is 0 Å². The van der Waals surface area contributed by atoms with Crippen LogP contribution < -0.4 is 0 Å². The van der Waals surface area contributed by atoms with Crippen LogP contribution in [0, 0.1) is 5.82 Å². The standard InChI is InChI=1S/C11H12ClFO/c1-2-3-9-6-8(7-11(12)14)4-5-10(9)13/h4-6H,2-3,7H2,1H3. The molecule has 1 rings (SSSR count). The van der Waals surface area contributed by atoms with Crippen LogP contribution in [0.5, 0.6) is 0 Å². The molecule has 0 radical (unpaired) electrons. The first kappa shape index (κ1) is 11.2. The van der Waals surface area contributed by atoms with Crippen LogP contribution in [-0.4, -0.2) is 5.24 Å². The lowest BCUT2D eigenvalue weighted by Gasteiger charge is -2.03. The van der Waals surface area contributed by atoms with Gasteiger partial charge in [-0.25, -0.2) is 4.39 Å². The number of benzene rings is 1. The summed E-state index contributed by atoms with van der Waals surface area (Å²) in [5.41, 5.74) is 1.43. The Labute approximate surface area is 87.9 Å². The fourth-order valence-corrected chi connectivity index (χ4v) is 1.51. The van der Waals surface area contributed by atoms with Gasteiger partial charge in [0.1, 0.15) is 5.82 Å². The Hall–Kier alpha value is -0.890. The number of hydrogen-bond acceptors (Lipinski definition) is 1. The number of hydrogen-bond donors (Lipinski definition) is 0. The largest absolute Gasteiger partial charge is 0.281 e. The zero-order chi connectivity index (χ0) is 10.6. The second-order valence-electron chi connectivity index (χ2n) is 3.21. The van der Waals surface area contributed by atoms with Crippen LogP contribution in [0.3, 0.4) is 0 Å². The van der Waals surface area contributed by atoms with Crippen LogP contribution in [0.4, 0.5) is 4.39 Å². The van der Waals surface area contributed by atoms with Crippen molar-refractivity contribution in [3.05, 3.63) is 35.1 Å². The summed E-state index contributed by atoms with van der Waals surface area (Å²) in [4.78, 5) is 10.6. The monoisotopic (exact) mass is 214 g/mol. The van der Waals surface area contributed by atoms with Crippen LogP contribution in [0.25, 0.3) is 0 Å². The fourth-order valence-electron chi connectivity index (χ4n) is 1.36. The molecule has 0 aliphatic carbocycles. The molecule has 76 valence electrons. The van der Waals surface area contributed by atoms with Crippen molar-refractivity contribution < 1.29 is 9.18 Å². The van der Waals surface area contributed by atoms with E-state index in [2.05, 4.69) is 0 Å². The molecule has 14 heavy (non-hydrogen) atoms. The summed E-state index contributed by atoms with van der Waals surface area (Å²) in [5, 5.41) is -0.418. The number of aryl methyl sites for hydroxylation is 1. The third-order valence-corrected chi connectivity index (χ3v) is 2.11. The Morgan fingerprint density at radius 1 is 1.50 bits per heavy atom. The van der Waals surface area contributed by atoms with Gasteiger partial charge in [-0.15, -0.1) is 0 Å². The first-order chi connectivity index (χ1) is 6.63. The molecule has 1 aromatic rings. The van der Waals surface area contributed by atoms with Crippen molar-refractivity contribution in [3.63, 3.8) is 0 Å². The van der Waals surface area contributed by atoms with E-state index < -0.39 is 5.24 Å². The molecule has 0 aromatic heterocycles. The lowest BCUT2D eigenvalue weighted by molar-refractivity contribution is -0.111. The van der Waals surface area contributed by atoms with E-state index in [4.69, 9.17) is 11.6 Å². The summed E-state index contributed by atoms with van der Waals surface area (Å²) in [6.45, 7) is 1.98. The van der Waals surface area contributed by atoms with Crippen molar-refractivity contribution in [3.8, 4) is 0 Å². The summed E-state index contributed by atoms with van der Waals surface area (Å²) < 4.78 is 13.2. The third-order valence-electron chi connectivity index (χ3n) is 1.97. The van der Waals surface area contributed by atoms with E-state index in [0.29, 0.717) is 12.0 Å². The minimum atomic E-state index is -0.418. The van der Waals surface area contributed by atoms with E-state index in [1.807, 2.05) is 6.92 Å². The van der Waals surface area contributed by atoms with Crippen molar-refractivity contribution in [2.24, 2.45) is 0 Å². The lowest BCUT2D eigenvalue weighted by Crippen LogP contribution is -1.97. The summed E-state index contributed by atoms with van der Waals surface area (Å²) in [6.07, 6.45) is 1.74. The molecule has 0 amide bonds. The Balaban J connectivity index is 2.88. The molecule has 0 spiro atoms. The van der Waals surface area contributed by atoms with Crippen LogP contribution in [-0.2, 0) is 17.6 Å². The second kappa shape index (κ2) is 5.11. The van der Waals surface area contributed by atoms with Gasteiger partial charge in [-0.1, -0.05) is 25.5 Å². The fraction of sp³-hybridized carbons (Fsp3) is 0.364. The zero-order valence-electron chi connectivity index (χ0n) is 8.02. The van der Waals surface area contributed by atoms with Crippen LogP contribution >= 0.6 is 11.6 Å². The molecule has 0 aliphatic heterocycles. The number of carbonyl (C=O) groups excluding carboxylic acids is 1. The molecule has 1 aromatic carbocycles. The van der Waals surface area contributed by atoms with E-state index >= 15 is 0 Å². The molecule has 0 fully saturated rings. The summed E-state index contributed by atoms with van der Waals surface area (Å²) >= 11 is 5.25. The van der Waals surface area contributed by atoms with Gasteiger partial charge < -0.3 is 0 Å². The Kier molecular flexibility index (Phi) is 4.08. The number of carbonyl (C=O) groups is 1. The van der Waals surface area contributed by atoms with Gasteiger partial charge in [0, 0.05) is 6.42 Å². The minimum absolute atomic E-state index is 0.165. The Morgan fingerprint density at radius 3 is 2.79 bits per heavy atom. The zero-order valence-corrected chi connectivity index (χ0v) is 8.77. The van der Waals surface area contributed by atoms with E-state index in [-0.39, 0.29) is 12.2 Å². The van der Waals surface area contributed by atoms with Gasteiger partial charge in [0.2, 0.25) is 5.24 Å². The highest BCUT2D eigenvalue weighted by Gasteiger charge is 2.05. The van der Waals surface area contributed by atoms with Crippen molar-refractivity contribution >= 4 is 16.8 Å². The van der Waals surface area contributed by atoms with E-state index in [1.54, 1.807) is 12.1 Å². The maximum absolute atomic E-state index is 13.2. The normalized spacial score (nSPS) is 10.2. The highest BCUT2D eigenvalue weighted by molar-refractivity contribution is 6.63. The molecular weight excluding hydrogens is 203 g/mol. The highest BCUT2D eigenvalue weighted by atomic mass is 35.5. The molecule has 0 aliphatic rings. The van der Waals surface area contributed by atoms with E-state index in [1.165, 1.54) is 6.07 Å². The number of rotatable bonds is 4. The Morgan fingerprint density at radius 2 is 2.21 bits per heavy atom. The minimum Gasteiger partial charge on any atom is -0.281 e. The van der Waals surface area contributed by atoms with Gasteiger partial charge in [0.05, 0.1) is 0 Å². The molecule has 1 nitrogen and oxygen atoms in total. The third kappa shape index (κ3) is 3.11. The molecule has 0 heterocycles. The maximum atomic E-state index is 13.2. The van der Waals surface area contributed by atoms with Crippen molar-refractivity contribution in [1.82, 2.24) is 0 Å². The van der Waals surface area contributed by atoms with Crippen LogP contribution in [0.1, 0.15) is 24.5 Å².